The lowest BCUT2D eigenvalue weighted by molar-refractivity contribution is 0.0963. The van der Waals surface area contributed by atoms with Gasteiger partial charge in [0.15, 0.2) is 5.96 Å². The highest BCUT2D eigenvalue weighted by Gasteiger charge is 2.06. The fourth-order valence-electron chi connectivity index (χ4n) is 3.62. The maximum absolute atomic E-state index is 11.8. The summed E-state index contributed by atoms with van der Waals surface area (Å²) in [4.78, 5) is 19.9. The van der Waals surface area contributed by atoms with Gasteiger partial charge in [-0.25, -0.2) is 0 Å². The number of amides is 1. The highest BCUT2D eigenvalue weighted by Crippen LogP contribution is 2.22. The number of rotatable bonds is 8. The van der Waals surface area contributed by atoms with E-state index in [1.165, 1.54) is 22.0 Å². The summed E-state index contributed by atoms with van der Waals surface area (Å²) in [6.07, 6.45) is 3.79. The third-order valence-corrected chi connectivity index (χ3v) is 5.11. The minimum absolute atomic E-state index is 0.0628. The topological polar surface area (TPSA) is 81.3 Å². The number of aryl methyl sites for hydroxylation is 1. The SMILES string of the molecule is CCNC(=NCCc1c[nH]c2cccc(C)c12)NCCc1cccc(C(=O)NC)c1. The van der Waals surface area contributed by atoms with Gasteiger partial charge in [-0.05, 0) is 61.6 Å². The fraction of sp³-hybridized carbons (Fsp3) is 0.333. The van der Waals surface area contributed by atoms with Gasteiger partial charge in [0.05, 0.1) is 0 Å². The standard InChI is InChI=1S/C24H31N5O/c1-4-26-24(27-13-11-18-8-6-9-19(15-18)23(30)25-3)28-14-12-20-16-29-21-10-5-7-17(2)22(20)21/h5-10,15-16,29H,4,11-14H2,1-3H3,(H,25,30)(H2,26,27,28). The van der Waals surface area contributed by atoms with Crippen molar-refractivity contribution >= 4 is 22.8 Å². The van der Waals surface area contributed by atoms with Gasteiger partial charge in [-0.1, -0.05) is 24.3 Å². The summed E-state index contributed by atoms with van der Waals surface area (Å²) < 4.78 is 0. The molecule has 4 N–H and O–H groups in total. The molecule has 0 aliphatic heterocycles. The first-order valence-corrected chi connectivity index (χ1v) is 10.5. The third-order valence-electron chi connectivity index (χ3n) is 5.11. The van der Waals surface area contributed by atoms with E-state index >= 15 is 0 Å². The molecule has 30 heavy (non-hydrogen) atoms. The lowest BCUT2D eigenvalue weighted by Gasteiger charge is -2.12. The molecule has 2 aromatic carbocycles. The Morgan fingerprint density at radius 1 is 1.10 bits per heavy atom. The fourth-order valence-corrected chi connectivity index (χ4v) is 3.62. The molecule has 0 saturated heterocycles. The number of aromatic nitrogens is 1. The van der Waals surface area contributed by atoms with Gasteiger partial charge >= 0.3 is 0 Å². The molecule has 158 valence electrons. The molecular formula is C24H31N5O. The Labute approximate surface area is 178 Å². The lowest BCUT2D eigenvalue weighted by atomic mass is 10.1. The van der Waals surface area contributed by atoms with E-state index in [0.29, 0.717) is 12.1 Å². The normalized spacial score (nSPS) is 11.5. The van der Waals surface area contributed by atoms with Crippen LogP contribution in [0.25, 0.3) is 10.9 Å². The highest BCUT2D eigenvalue weighted by molar-refractivity contribution is 5.94. The van der Waals surface area contributed by atoms with Crippen LogP contribution < -0.4 is 16.0 Å². The first kappa shape index (κ1) is 21.4. The zero-order valence-electron chi connectivity index (χ0n) is 18.0. The number of benzene rings is 2. The number of guanidine groups is 1. The van der Waals surface area contributed by atoms with Crippen molar-refractivity contribution in [3.63, 3.8) is 0 Å². The number of hydrogen-bond donors (Lipinski definition) is 4. The van der Waals surface area contributed by atoms with Crippen LogP contribution in [-0.2, 0) is 12.8 Å². The summed E-state index contributed by atoms with van der Waals surface area (Å²) in [6, 6.07) is 14.1. The molecule has 3 rings (SSSR count). The van der Waals surface area contributed by atoms with Gasteiger partial charge in [-0.2, -0.15) is 0 Å². The first-order chi connectivity index (χ1) is 14.6. The molecule has 6 nitrogen and oxygen atoms in total. The minimum atomic E-state index is -0.0628. The van der Waals surface area contributed by atoms with Crippen LogP contribution in [0.1, 0.15) is 34.0 Å². The van der Waals surface area contributed by atoms with Crippen molar-refractivity contribution in [3.05, 3.63) is 70.9 Å². The van der Waals surface area contributed by atoms with Gasteiger partial charge in [0.2, 0.25) is 0 Å². The lowest BCUT2D eigenvalue weighted by Crippen LogP contribution is -2.38. The van der Waals surface area contributed by atoms with E-state index in [4.69, 9.17) is 4.99 Å². The largest absolute Gasteiger partial charge is 0.361 e. The molecule has 0 unspecified atom stereocenters. The molecule has 0 spiro atoms. The maximum atomic E-state index is 11.8. The second kappa shape index (κ2) is 10.5. The second-order valence-electron chi connectivity index (χ2n) is 7.28. The molecule has 0 saturated carbocycles. The molecule has 3 aromatic rings. The number of nitrogens with zero attached hydrogens (tertiary/aromatic N) is 1. The maximum Gasteiger partial charge on any atom is 0.251 e. The monoisotopic (exact) mass is 405 g/mol. The Morgan fingerprint density at radius 3 is 2.73 bits per heavy atom. The van der Waals surface area contributed by atoms with Crippen molar-refractivity contribution in [1.82, 2.24) is 20.9 Å². The summed E-state index contributed by atoms with van der Waals surface area (Å²) in [5.74, 6) is 0.753. The van der Waals surface area contributed by atoms with Crippen LogP contribution in [0.4, 0.5) is 0 Å². The van der Waals surface area contributed by atoms with Crippen molar-refractivity contribution in [3.8, 4) is 0 Å². The Hall–Kier alpha value is -3.28. The van der Waals surface area contributed by atoms with Crippen LogP contribution in [-0.4, -0.2) is 43.5 Å². The van der Waals surface area contributed by atoms with E-state index < -0.39 is 0 Å². The zero-order chi connectivity index (χ0) is 21.3. The van der Waals surface area contributed by atoms with Crippen LogP contribution in [0.2, 0.25) is 0 Å². The van der Waals surface area contributed by atoms with Gasteiger partial charge < -0.3 is 20.9 Å². The molecular weight excluding hydrogens is 374 g/mol. The number of fused-ring (bicyclic) bond motifs is 1. The van der Waals surface area contributed by atoms with Crippen LogP contribution in [0.5, 0.6) is 0 Å². The summed E-state index contributed by atoms with van der Waals surface area (Å²) in [7, 11) is 1.65. The Kier molecular flexibility index (Phi) is 7.49. The Bertz CT molecular complexity index is 1020. The van der Waals surface area contributed by atoms with Crippen LogP contribution in [0.15, 0.2) is 53.7 Å². The second-order valence-corrected chi connectivity index (χ2v) is 7.28. The van der Waals surface area contributed by atoms with E-state index in [-0.39, 0.29) is 5.91 Å². The quantitative estimate of drug-likeness (QED) is 0.343. The number of aromatic amines is 1. The molecule has 1 amide bonds. The molecule has 6 heteroatoms. The van der Waals surface area contributed by atoms with Gasteiger partial charge in [0, 0.05) is 49.3 Å². The number of carbonyl (C=O) groups excluding carboxylic acids is 1. The average Bonchev–Trinajstić information content (AvgIpc) is 3.18. The first-order valence-electron chi connectivity index (χ1n) is 10.5. The van der Waals surface area contributed by atoms with E-state index in [9.17, 15) is 4.79 Å². The van der Waals surface area contributed by atoms with Crippen molar-refractivity contribution in [2.75, 3.05) is 26.7 Å². The molecule has 1 heterocycles. The van der Waals surface area contributed by atoms with Gasteiger partial charge in [0.25, 0.3) is 5.91 Å². The Balaban J connectivity index is 1.56. The van der Waals surface area contributed by atoms with E-state index in [0.717, 1.165) is 37.5 Å². The summed E-state index contributed by atoms with van der Waals surface area (Å²) in [5.41, 5.74) is 5.57. The summed E-state index contributed by atoms with van der Waals surface area (Å²) in [5, 5.41) is 10.7. The van der Waals surface area contributed by atoms with Crippen LogP contribution in [0, 0.1) is 6.92 Å². The average molecular weight is 406 g/mol. The number of H-pyrrole nitrogens is 1. The molecule has 0 aliphatic rings. The molecule has 0 aliphatic carbocycles. The minimum Gasteiger partial charge on any atom is -0.361 e. The van der Waals surface area contributed by atoms with Gasteiger partial charge in [0.1, 0.15) is 0 Å². The molecule has 1 aromatic heterocycles. The molecule has 0 bridgehead atoms. The summed E-state index contributed by atoms with van der Waals surface area (Å²) >= 11 is 0. The smallest absolute Gasteiger partial charge is 0.251 e. The molecule has 0 atom stereocenters. The highest BCUT2D eigenvalue weighted by atomic mass is 16.1. The van der Waals surface area contributed by atoms with Crippen molar-refractivity contribution in [2.24, 2.45) is 4.99 Å². The molecule has 0 radical (unpaired) electrons. The van der Waals surface area contributed by atoms with Crippen LogP contribution in [0.3, 0.4) is 0 Å². The van der Waals surface area contributed by atoms with Gasteiger partial charge in [-0.15, -0.1) is 0 Å². The summed E-state index contributed by atoms with van der Waals surface area (Å²) in [6.45, 7) is 6.48. The van der Waals surface area contributed by atoms with Crippen LogP contribution >= 0.6 is 0 Å². The van der Waals surface area contributed by atoms with Crippen molar-refractivity contribution < 1.29 is 4.79 Å². The van der Waals surface area contributed by atoms with Gasteiger partial charge in [-0.3, -0.25) is 9.79 Å². The number of aliphatic imine (C=N–C) groups is 1. The van der Waals surface area contributed by atoms with E-state index in [1.807, 2.05) is 24.3 Å². The predicted molar refractivity (Wildman–Crippen MR) is 124 cm³/mol. The van der Waals surface area contributed by atoms with E-state index in [1.54, 1.807) is 7.05 Å². The zero-order valence-corrected chi connectivity index (χ0v) is 18.0. The third kappa shape index (κ3) is 5.41. The Morgan fingerprint density at radius 2 is 1.93 bits per heavy atom. The predicted octanol–water partition coefficient (Wildman–Crippen LogP) is 3.18. The van der Waals surface area contributed by atoms with Crippen molar-refractivity contribution in [2.45, 2.75) is 26.7 Å². The number of carbonyl (C=O) groups is 1. The van der Waals surface area contributed by atoms with E-state index in [2.05, 4.69) is 59.2 Å². The van der Waals surface area contributed by atoms with Crippen molar-refractivity contribution in [1.29, 1.82) is 0 Å². The number of hydrogen-bond acceptors (Lipinski definition) is 2. The number of nitrogens with one attached hydrogen (secondary N) is 4. The molecule has 0 fully saturated rings.